The van der Waals surface area contributed by atoms with Crippen molar-refractivity contribution < 1.29 is 4.57 Å². The summed E-state index contributed by atoms with van der Waals surface area (Å²) in [6.07, 6.45) is 14.8. The summed E-state index contributed by atoms with van der Waals surface area (Å²) in [4.78, 5) is 0. The Morgan fingerprint density at radius 2 is 1.36 bits per heavy atom. The van der Waals surface area contributed by atoms with E-state index in [1.807, 2.05) is 60.7 Å². The van der Waals surface area contributed by atoms with Gasteiger partial charge in [0.15, 0.2) is 7.14 Å². The zero-order chi connectivity index (χ0) is 24.8. The number of allylic oxidation sites excluding steroid dienone is 7. The molecule has 0 aromatic heterocycles. The van der Waals surface area contributed by atoms with Gasteiger partial charge in [0, 0.05) is 15.9 Å². The molecule has 0 fully saturated rings. The number of hydrogen-bond donors (Lipinski definition) is 0. The van der Waals surface area contributed by atoms with Crippen molar-refractivity contribution >= 4 is 23.8 Å². The van der Waals surface area contributed by atoms with Gasteiger partial charge in [-0.1, -0.05) is 123 Å². The van der Waals surface area contributed by atoms with Gasteiger partial charge in [-0.05, 0) is 66.0 Å². The minimum atomic E-state index is -3.09. The maximum Gasteiger partial charge on any atom is 0.171 e. The van der Waals surface area contributed by atoms with Gasteiger partial charge in [0.1, 0.15) is 0 Å². The lowest BCUT2D eigenvalue weighted by molar-refractivity contribution is 0.590. The van der Waals surface area contributed by atoms with Crippen LogP contribution in [0.25, 0.3) is 6.08 Å². The Kier molecular flexibility index (Phi) is 7.69. The highest BCUT2D eigenvalue weighted by molar-refractivity contribution is 7.82. The van der Waals surface area contributed by atoms with Crippen LogP contribution < -0.4 is 10.6 Å². The van der Waals surface area contributed by atoms with Crippen molar-refractivity contribution in [2.75, 3.05) is 0 Å². The summed E-state index contributed by atoms with van der Waals surface area (Å²) in [5.74, 6) is 0. The highest BCUT2D eigenvalue weighted by Crippen LogP contribution is 2.59. The lowest BCUT2D eigenvalue weighted by Crippen LogP contribution is -2.18. The molecule has 3 aromatic rings. The van der Waals surface area contributed by atoms with Crippen LogP contribution in [-0.2, 0) is 4.57 Å². The SMILES string of the molecule is CCC/C=C(\C1=CC2=C(CCCCC2)/C1=C\c1ccccc1)P(=O)(c1ccccc1)c1ccccc1. The summed E-state index contributed by atoms with van der Waals surface area (Å²) in [5, 5.41) is 2.80. The summed E-state index contributed by atoms with van der Waals surface area (Å²) >= 11 is 0. The van der Waals surface area contributed by atoms with Crippen molar-refractivity contribution in [3.05, 3.63) is 136 Å². The summed E-state index contributed by atoms with van der Waals surface area (Å²) < 4.78 is 15.5. The van der Waals surface area contributed by atoms with E-state index in [9.17, 15) is 0 Å². The van der Waals surface area contributed by atoms with Crippen LogP contribution >= 0.6 is 7.14 Å². The quantitative estimate of drug-likeness (QED) is 0.302. The third-order valence-electron chi connectivity index (χ3n) is 7.29. The monoisotopic (exact) mass is 490 g/mol. The predicted molar refractivity (Wildman–Crippen MR) is 155 cm³/mol. The molecule has 0 bridgehead atoms. The van der Waals surface area contributed by atoms with Crippen molar-refractivity contribution in [2.24, 2.45) is 0 Å². The Labute approximate surface area is 216 Å². The first-order valence-corrected chi connectivity index (χ1v) is 15.1. The third-order valence-corrected chi connectivity index (χ3v) is 10.4. The molecule has 2 heteroatoms. The maximum absolute atomic E-state index is 15.5. The van der Waals surface area contributed by atoms with Crippen LogP contribution in [-0.4, -0.2) is 0 Å². The van der Waals surface area contributed by atoms with Crippen molar-refractivity contribution in [1.82, 2.24) is 0 Å². The second-order valence-corrected chi connectivity index (χ2v) is 12.5. The molecule has 0 heterocycles. The van der Waals surface area contributed by atoms with Gasteiger partial charge in [-0.2, -0.15) is 0 Å². The van der Waals surface area contributed by atoms with Crippen LogP contribution in [0.3, 0.4) is 0 Å². The third kappa shape index (κ3) is 4.91. The average Bonchev–Trinajstić information content (AvgIpc) is 3.10. The van der Waals surface area contributed by atoms with E-state index in [-0.39, 0.29) is 0 Å². The highest BCUT2D eigenvalue weighted by atomic mass is 31.2. The Morgan fingerprint density at radius 1 is 0.778 bits per heavy atom. The summed E-state index contributed by atoms with van der Waals surface area (Å²) in [5.41, 5.74) is 6.53. The zero-order valence-electron chi connectivity index (χ0n) is 21.2. The fraction of sp³-hybridized carbons (Fsp3) is 0.235. The van der Waals surface area contributed by atoms with Gasteiger partial charge in [-0.15, -0.1) is 0 Å². The second-order valence-electron chi connectivity index (χ2n) is 9.75. The first kappa shape index (κ1) is 24.5. The fourth-order valence-corrected chi connectivity index (χ4v) is 8.42. The van der Waals surface area contributed by atoms with Gasteiger partial charge >= 0.3 is 0 Å². The normalized spacial score (nSPS) is 17.6. The topological polar surface area (TPSA) is 17.1 Å². The van der Waals surface area contributed by atoms with Gasteiger partial charge in [-0.3, -0.25) is 0 Å². The number of rotatable bonds is 7. The molecule has 1 nitrogen and oxygen atoms in total. The first-order valence-electron chi connectivity index (χ1n) is 13.4. The van der Waals surface area contributed by atoms with Gasteiger partial charge in [0.2, 0.25) is 0 Å². The Morgan fingerprint density at radius 3 is 1.97 bits per heavy atom. The predicted octanol–water partition coefficient (Wildman–Crippen LogP) is 8.97. The zero-order valence-corrected chi connectivity index (χ0v) is 22.1. The molecule has 0 unspecified atom stereocenters. The number of benzene rings is 3. The Hall–Kier alpha value is -3.15. The fourth-order valence-electron chi connectivity index (χ4n) is 5.47. The molecule has 0 spiro atoms. The van der Waals surface area contributed by atoms with E-state index in [2.05, 4.69) is 55.5 Å². The first-order chi connectivity index (χ1) is 17.7. The summed E-state index contributed by atoms with van der Waals surface area (Å²) in [6, 6.07) is 30.8. The summed E-state index contributed by atoms with van der Waals surface area (Å²) in [7, 11) is -3.09. The molecule has 0 saturated heterocycles. The smallest absolute Gasteiger partial charge is 0.171 e. The van der Waals surface area contributed by atoms with Crippen LogP contribution in [0.1, 0.15) is 57.4 Å². The van der Waals surface area contributed by atoms with Gasteiger partial charge in [-0.25, -0.2) is 0 Å². The van der Waals surface area contributed by atoms with Crippen molar-refractivity contribution in [1.29, 1.82) is 0 Å². The number of hydrogen-bond acceptors (Lipinski definition) is 1. The molecular formula is C34H35OP. The minimum Gasteiger partial charge on any atom is -0.309 e. The van der Waals surface area contributed by atoms with E-state index in [0.29, 0.717) is 0 Å². The second kappa shape index (κ2) is 11.3. The molecule has 2 aliphatic rings. The van der Waals surface area contributed by atoms with Gasteiger partial charge < -0.3 is 4.57 Å². The minimum absolute atomic E-state index is 0.902. The van der Waals surface area contributed by atoms with Crippen molar-refractivity contribution in [2.45, 2.75) is 51.9 Å². The molecule has 5 rings (SSSR count). The van der Waals surface area contributed by atoms with E-state index in [4.69, 9.17) is 0 Å². The molecule has 0 saturated carbocycles. The lowest BCUT2D eigenvalue weighted by Gasteiger charge is -2.25. The largest absolute Gasteiger partial charge is 0.309 e. The van der Waals surface area contributed by atoms with Crippen molar-refractivity contribution in [3.63, 3.8) is 0 Å². The Balaban J connectivity index is 1.74. The van der Waals surface area contributed by atoms with E-state index < -0.39 is 7.14 Å². The van der Waals surface area contributed by atoms with Gasteiger partial charge in [0.25, 0.3) is 0 Å². The maximum atomic E-state index is 15.5. The van der Waals surface area contributed by atoms with E-state index in [1.165, 1.54) is 41.5 Å². The van der Waals surface area contributed by atoms with E-state index in [1.54, 1.807) is 0 Å². The van der Waals surface area contributed by atoms with Crippen molar-refractivity contribution in [3.8, 4) is 0 Å². The van der Waals surface area contributed by atoms with E-state index in [0.717, 1.165) is 47.2 Å². The van der Waals surface area contributed by atoms with Crippen LogP contribution in [0.4, 0.5) is 0 Å². The Bertz CT molecular complexity index is 1310. The molecule has 36 heavy (non-hydrogen) atoms. The van der Waals surface area contributed by atoms with E-state index >= 15 is 4.57 Å². The molecular weight excluding hydrogens is 455 g/mol. The van der Waals surface area contributed by atoms with Crippen LogP contribution in [0.15, 0.2) is 131 Å². The molecule has 0 amide bonds. The van der Waals surface area contributed by atoms with Crippen LogP contribution in [0.5, 0.6) is 0 Å². The van der Waals surface area contributed by atoms with Gasteiger partial charge in [0.05, 0.1) is 0 Å². The summed E-state index contributed by atoms with van der Waals surface area (Å²) in [6.45, 7) is 2.20. The molecule has 3 aromatic carbocycles. The van der Waals surface area contributed by atoms with Crippen LogP contribution in [0.2, 0.25) is 0 Å². The number of unbranched alkanes of at least 4 members (excludes halogenated alkanes) is 1. The molecule has 0 N–H and O–H groups in total. The average molecular weight is 491 g/mol. The standard InChI is InChI=1S/C34H35OP/c1-2-3-24-34(36(35,29-19-11-6-12-20-29)30-21-13-7-14-22-30)33-26-28-18-10-5-15-23-31(28)32(33)25-27-16-8-4-9-17-27/h4,6-9,11-14,16-17,19-22,24-26H,2-3,5,10,15,18,23H2,1H3/b32-25+,34-24+. The van der Waals surface area contributed by atoms with Crippen LogP contribution in [0, 0.1) is 0 Å². The highest BCUT2D eigenvalue weighted by Gasteiger charge is 2.37. The molecule has 0 atom stereocenters. The lowest BCUT2D eigenvalue weighted by atomic mass is 9.95. The molecule has 0 radical (unpaired) electrons. The molecule has 182 valence electrons. The molecule has 0 aliphatic heterocycles. The molecule has 2 aliphatic carbocycles.